The molecule has 1 amide bonds. The first-order valence-corrected chi connectivity index (χ1v) is 9.06. The van der Waals surface area contributed by atoms with E-state index in [1.165, 1.54) is 0 Å². The van der Waals surface area contributed by atoms with Crippen LogP contribution in [-0.2, 0) is 0 Å². The highest BCUT2D eigenvalue weighted by molar-refractivity contribution is 6.06. The summed E-state index contributed by atoms with van der Waals surface area (Å²) in [5.41, 5.74) is 5.32. The minimum absolute atomic E-state index is 0.213. The molecule has 0 fully saturated rings. The van der Waals surface area contributed by atoms with Gasteiger partial charge in [-0.15, -0.1) is 0 Å². The number of fused-ring (bicyclic) bond motifs is 1. The SMILES string of the molecule is COc1cccc(C(=O)Nc2c(-c3cc(C)cc(C)c3)nc3ccccn23)c1. The highest BCUT2D eigenvalue weighted by atomic mass is 16.5. The van der Waals surface area contributed by atoms with Crippen molar-refractivity contribution >= 4 is 17.4 Å². The lowest BCUT2D eigenvalue weighted by Gasteiger charge is -2.10. The van der Waals surface area contributed by atoms with Gasteiger partial charge in [0.05, 0.1) is 7.11 Å². The number of ether oxygens (including phenoxy) is 1. The van der Waals surface area contributed by atoms with E-state index in [2.05, 4.69) is 37.4 Å². The summed E-state index contributed by atoms with van der Waals surface area (Å²) in [5.74, 6) is 1.07. The number of anilines is 1. The van der Waals surface area contributed by atoms with Crippen molar-refractivity contribution in [1.29, 1.82) is 0 Å². The first-order chi connectivity index (χ1) is 13.5. The fraction of sp³-hybridized carbons (Fsp3) is 0.130. The smallest absolute Gasteiger partial charge is 0.256 e. The number of aromatic nitrogens is 2. The molecule has 140 valence electrons. The second-order valence-corrected chi connectivity index (χ2v) is 6.80. The minimum atomic E-state index is -0.213. The van der Waals surface area contributed by atoms with Gasteiger partial charge in [0, 0.05) is 17.3 Å². The average molecular weight is 371 g/mol. The topological polar surface area (TPSA) is 55.6 Å². The van der Waals surface area contributed by atoms with E-state index in [-0.39, 0.29) is 5.91 Å². The first-order valence-electron chi connectivity index (χ1n) is 9.06. The second kappa shape index (κ2) is 7.19. The zero-order valence-electron chi connectivity index (χ0n) is 16.1. The third kappa shape index (κ3) is 3.34. The lowest BCUT2D eigenvalue weighted by atomic mass is 10.0. The van der Waals surface area contributed by atoms with Crippen LogP contribution in [0.1, 0.15) is 21.5 Å². The molecule has 2 aromatic carbocycles. The number of nitrogens with zero attached hydrogens (tertiary/aromatic N) is 2. The molecule has 5 heteroatoms. The molecule has 4 rings (SSSR count). The maximum atomic E-state index is 12.9. The van der Waals surface area contributed by atoms with Crippen LogP contribution in [0.15, 0.2) is 66.9 Å². The molecule has 5 nitrogen and oxygen atoms in total. The summed E-state index contributed by atoms with van der Waals surface area (Å²) in [6, 6.07) is 19.1. The van der Waals surface area contributed by atoms with E-state index in [0.717, 1.165) is 28.0 Å². The van der Waals surface area contributed by atoms with E-state index in [9.17, 15) is 4.79 Å². The number of pyridine rings is 1. The van der Waals surface area contributed by atoms with E-state index in [4.69, 9.17) is 9.72 Å². The van der Waals surface area contributed by atoms with Gasteiger partial charge in [0.1, 0.15) is 22.9 Å². The summed E-state index contributed by atoms with van der Waals surface area (Å²) < 4.78 is 7.13. The van der Waals surface area contributed by atoms with Gasteiger partial charge in [-0.1, -0.05) is 29.3 Å². The van der Waals surface area contributed by atoms with Gasteiger partial charge >= 0.3 is 0 Å². The summed E-state index contributed by atoms with van der Waals surface area (Å²) in [4.78, 5) is 17.7. The molecule has 0 aliphatic heterocycles. The number of hydrogen-bond donors (Lipinski definition) is 1. The fourth-order valence-electron chi connectivity index (χ4n) is 3.37. The Bertz CT molecular complexity index is 1160. The van der Waals surface area contributed by atoms with Crippen molar-refractivity contribution in [1.82, 2.24) is 9.38 Å². The van der Waals surface area contributed by atoms with Crippen LogP contribution >= 0.6 is 0 Å². The van der Waals surface area contributed by atoms with Gasteiger partial charge in [-0.3, -0.25) is 9.20 Å². The normalized spacial score (nSPS) is 10.8. The number of nitrogens with one attached hydrogen (secondary N) is 1. The molecule has 1 N–H and O–H groups in total. The zero-order valence-corrected chi connectivity index (χ0v) is 16.1. The molecule has 0 spiro atoms. The van der Waals surface area contributed by atoms with Crippen LogP contribution in [0, 0.1) is 13.8 Å². The number of benzene rings is 2. The van der Waals surface area contributed by atoms with Gasteiger partial charge in [0.2, 0.25) is 0 Å². The van der Waals surface area contributed by atoms with Crippen LogP contribution in [0.5, 0.6) is 5.75 Å². The van der Waals surface area contributed by atoms with Crippen LogP contribution < -0.4 is 10.1 Å². The van der Waals surface area contributed by atoms with Gasteiger partial charge in [-0.05, 0) is 56.3 Å². The highest BCUT2D eigenvalue weighted by Gasteiger charge is 2.18. The predicted octanol–water partition coefficient (Wildman–Crippen LogP) is 4.88. The van der Waals surface area contributed by atoms with E-state index in [1.54, 1.807) is 25.3 Å². The van der Waals surface area contributed by atoms with Crippen LogP contribution in [0.2, 0.25) is 0 Å². The van der Waals surface area contributed by atoms with E-state index in [0.29, 0.717) is 17.1 Å². The summed E-state index contributed by atoms with van der Waals surface area (Å²) >= 11 is 0. The number of amides is 1. The molecule has 2 aromatic heterocycles. The van der Waals surface area contributed by atoms with Crippen LogP contribution in [0.4, 0.5) is 5.82 Å². The number of aryl methyl sites for hydroxylation is 2. The summed E-state index contributed by atoms with van der Waals surface area (Å²) in [5, 5.41) is 3.04. The lowest BCUT2D eigenvalue weighted by Crippen LogP contribution is -2.14. The van der Waals surface area contributed by atoms with Crippen LogP contribution in [0.25, 0.3) is 16.9 Å². The van der Waals surface area contributed by atoms with Crippen molar-refractivity contribution in [2.75, 3.05) is 12.4 Å². The Hall–Kier alpha value is -3.60. The van der Waals surface area contributed by atoms with Crippen molar-refractivity contribution in [3.8, 4) is 17.0 Å². The number of rotatable bonds is 4. The number of hydrogen-bond acceptors (Lipinski definition) is 3. The molecule has 0 aliphatic carbocycles. The molecule has 2 heterocycles. The average Bonchev–Trinajstić information content (AvgIpc) is 3.06. The van der Waals surface area contributed by atoms with Gasteiger partial charge in [-0.25, -0.2) is 4.98 Å². The Morgan fingerprint density at radius 3 is 2.54 bits per heavy atom. The Morgan fingerprint density at radius 2 is 1.79 bits per heavy atom. The number of imidazole rings is 1. The highest BCUT2D eigenvalue weighted by Crippen LogP contribution is 2.30. The molecular weight excluding hydrogens is 350 g/mol. The monoisotopic (exact) mass is 371 g/mol. The van der Waals surface area contributed by atoms with Crippen molar-refractivity contribution in [2.24, 2.45) is 0 Å². The largest absolute Gasteiger partial charge is 0.497 e. The quantitative estimate of drug-likeness (QED) is 0.556. The molecule has 0 unspecified atom stereocenters. The Labute approximate surface area is 163 Å². The third-order valence-electron chi connectivity index (χ3n) is 4.59. The predicted molar refractivity (Wildman–Crippen MR) is 111 cm³/mol. The molecule has 28 heavy (non-hydrogen) atoms. The molecule has 0 radical (unpaired) electrons. The van der Waals surface area contributed by atoms with E-state index in [1.807, 2.05) is 34.9 Å². The second-order valence-electron chi connectivity index (χ2n) is 6.80. The standard InChI is InChI=1S/C23H21N3O2/c1-15-11-16(2)13-18(12-15)21-22(26-10-5-4-9-20(26)24-21)25-23(27)17-7-6-8-19(14-17)28-3/h4-14H,1-3H3,(H,25,27). The Morgan fingerprint density at radius 1 is 1.00 bits per heavy atom. The molecule has 0 saturated heterocycles. The fourth-order valence-corrected chi connectivity index (χ4v) is 3.37. The molecule has 0 aliphatic rings. The Balaban J connectivity index is 1.82. The number of carbonyl (C=O) groups is 1. The van der Waals surface area contributed by atoms with Crippen LogP contribution in [0.3, 0.4) is 0 Å². The van der Waals surface area contributed by atoms with Gasteiger partial charge < -0.3 is 10.1 Å². The molecule has 0 atom stereocenters. The van der Waals surface area contributed by atoms with Crippen molar-refractivity contribution in [3.05, 3.63) is 83.6 Å². The first kappa shape index (κ1) is 17.8. The van der Waals surface area contributed by atoms with Crippen LogP contribution in [-0.4, -0.2) is 22.4 Å². The van der Waals surface area contributed by atoms with Crippen molar-refractivity contribution < 1.29 is 9.53 Å². The van der Waals surface area contributed by atoms with E-state index < -0.39 is 0 Å². The summed E-state index contributed by atoms with van der Waals surface area (Å²) in [6.07, 6.45) is 1.90. The maximum absolute atomic E-state index is 12.9. The minimum Gasteiger partial charge on any atom is -0.497 e. The maximum Gasteiger partial charge on any atom is 0.256 e. The van der Waals surface area contributed by atoms with Crippen molar-refractivity contribution in [3.63, 3.8) is 0 Å². The van der Waals surface area contributed by atoms with Crippen molar-refractivity contribution in [2.45, 2.75) is 13.8 Å². The number of methoxy groups -OCH3 is 1. The number of carbonyl (C=O) groups excluding carboxylic acids is 1. The molecular formula is C23H21N3O2. The third-order valence-corrected chi connectivity index (χ3v) is 4.59. The summed E-state index contributed by atoms with van der Waals surface area (Å²) in [7, 11) is 1.58. The molecule has 4 aromatic rings. The Kier molecular flexibility index (Phi) is 4.57. The molecule has 0 bridgehead atoms. The van der Waals surface area contributed by atoms with Gasteiger partial charge in [0.25, 0.3) is 5.91 Å². The van der Waals surface area contributed by atoms with Gasteiger partial charge in [-0.2, -0.15) is 0 Å². The summed E-state index contributed by atoms with van der Waals surface area (Å²) in [6.45, 7) is 4.11. The molecule has 0 saturated carbocycles. The van der Waals surface area contributed by atoms with Gasteiger partial charge in [0.15, 0.2) is 0 Å². The van der Waals surface area contributed by atoms with E-state index >= 15 is 0 Å². The zero-order chi connectivity index (χ0) is 19.7. The lowest BCUT2D eigenvalue weighted by molar-refractivity contribution is 0.102.